The van der Waals surface area contributed by atoms with E-state index in [1.165, 1.54) is 20.2 Å². The van der Waals surface area contributed by atoms with Crippen LogP contribution in [-0.2, 0) is 20.1 Å². The molecule has 9 aromatic rings. The van der Waals surface area contributed by atoms with Crippen molar-refractivity contribution in [1.82, 2.24) is 19.5 Å². The monoisotopic (exact) mass is 773 g/mol. The molecule has 6 heteroatoms. The molecule has 0 unspecified atom stereocenters. The van der Waals surface area contributed by atoms with Gasteiger partial charge in [-0.25, -0.2) is 4.98 Å². The Labute approximate surface area is 278 Å². The largest absolute Gasteiger partial charge is 0.332 e. The maximum absolute atomic E-state index is 5.06. The van der Waals surface area contributed by atoms with E-state index >= 15 is 0 Å². The molecule has 0 fully saturated rings. The average molecular weight is 773 g/mol. The van der Waals surface area contributed by atoms with E-state index in [1.807, 2.05) is 72.8 Å². The summed E-state index contributed by atoms with van der Waals surface area (Å²) in [6, 6.07) is 53.8. The van der Waals surface area contributed by atoms with E-state index in [0.717, 1.165) is 50.4 Å². The quantitative estimate of drug-likeness (QED) is 0.168. The van der Waals surface area contributed by atoms with Crippen LogP contribution in [0.15, 0.2) is 146 Å². The number of hydrogen-bond acceptors (Lipinski definition) is 4. The predicted molar refractivity (Wildman–Crippen MR) is 182 cm³/mol. The number of nitrogens with zero attached hydrogens (tertiary/aromatic N) is 4. The molecule has 0 amide bonds. The van der Waals surface area contributed by atoms with Gasteiger partial charge in [0.25, 0.3) is 0 Å². The van der Waals surface area contributed by atoms with Crippen molar-refractivity contribution in [2.45, 2.75) is 0 Å². The van der Waals surface area contributed by atoms with Crippen LogP contribution in [0.25, 0.3) is 70.6 Å². The summed E-state index contributed by atoms with van der Waals surface area (Å²) in [7, 11) is 0. The third-order valence-electron chi connectivity index (χ3n) is 7.58. The fourth-order valence-corrected chi connectivity index (χ4v) is 6.74. The molecule has 0 aliphatic heterocycles. The van der Waals surface area contributed by atoms with E-state index in [-0.39, 0.29) is 20.1 Å². The van der Waals surface area contributed by atoms with Crippen LogP contribution in [-0.4, -0.2) is 19.5 Å². The van der Waals surface area contributed by atoms with Crippen molar-refractivity contribution in [3.8, 4) is 28.3 Å². The van der Waals surface area contributed by atoms with E-state index < -0.39 is 0 Å². The van der Waals surface area contributed by atoms with Crippen molar-refractivity contribution in [3.05, 3.63) is 158 Å². The Morgan fingerprint density at radius 2 is 1.44 bits per heavy atom. The molecule has 0 saturated carbocycles. The summed E-state index contributed by atoms with van der Waals surface area (Å²) in [5.74, 6) is 0.867. The maximum atomic E-state index is 5.06. The predicted octanol–water partition coefficient (Wildman–Crippen LogP) is 9.96. The molecule has 0 N–H and O–H groups in total. The SMILES string of the molecule is [Ir].[c-]1ccc2c(sc3ccccc32)c1-c1nc2nc3ccccc3cc2n1-c1ccccc1.[c-]1ccccc1-c1ccccn1. The number of para-hydroxylation sites is 2. The van der Waals surface area contributed by atoms with Crippen LogP contribution in [0.2, 0.25) is 0 Å². The molecule has 4 heterocycles. The second-order valence-corrected chi connectivity index (χ2v) is 11.4. The van der Waals surface area contributed by atoms with Gasteiger partial charge in [-0.3, -0.25) is 4.98 Å². The molecular weight excluding hydrogens is 749 g/mol. The Hall–Kier alpha value is -5.00. The normalized spacial score (nSPS) is 10.9. The number of aromatic nitrogens is 4. The van der Waals surface area contributed by atoms with Crippen LogP contribution in [0, 0.1) is 12.1 Å². The Morgan fingerprint density at radius 1 is 0.644 bits per heavy atom. The summed E-state index contributed by atoms with van der Waals surface area (Å²) in [6.07, 6.45) is 1.79. The molecule has 0 aliphatic rings. The summed E-state index contributed by atoms with van der Waals surface area (Å²) in [5.41, 5.74) is 6.78. The first-order valence-corrected chi connectivity index (χ1v) is 15.2. The molecule has 0 saturated heterocycles. The van der Waals surface area contributed by atoms with Gasteiger partial charge in [0.05, 0.1) is 16.9 Å². The van der Waals surface area contributed by atoms with Crippen molar-refractivity contribution in [3.63, 3.8) is 0 Å². The fraction of sp³-hybridized carbons (Fsp3) is 0. The molecule has 4 aromatic heterocycles. The number of fused-ring (bicyclic) bond motifs is 5. The number of pyridine rings is 2. The fourth-order valence-electron chi connectivity index (χ4n) is 5.54. The molecule has 5 aromatic carbocycles. The summed E-state index contributed by atoms with van der Waals surface area (Å²) in [4.78, 5) is 14.2. The number of rotatable bonds is 3. The average Bonchev–Trinajstić information content (AvgIpc) is 3.67. The Morgan fingerprint density at radius 3 is 2.29 bits per heavy atom. The van der Waals surface area contributed by atoms with Gasteiger partial charge < -0.3 is 9.55 Å². The molecule has 45 heavy (non-hydrogen) atoms. The van der Waals surface area contributed by atoms with Crippen molar-refractivity contribution < 1.29 is 20.1 Å². The Bertz CT molecular complexity index is 2350. The molecule has 4 nitrogen and oxygen atoms in total. The van der Waals surface area contributed by atoms with Gasteiger partial charge in [-0.2, -0.15) is 11.3 Å². The van der Waals surface area contributed by atoms with Gasteiger partial charge in [-0.05, 0) is 52.2 Å². The molecule has 217 valence electrons. The van der Waals surface area contributed by atoms with Crippen LogP contribution in [0.1, 0.15) is 0 Å². The second kappa shape index (κ2) is 12.5. The zero-order valence-corrected chi connectivity index (χ0v) is 27.1. The van der Waals surface area contributed by atoms with Gasteiger partial charge in [0.2, 0.25) is 0 Å². The van der Waals surface area contributed by atoms with Crippen LogP contribution in [0.4, 0.5) is 0 Å². The maximum Gasteiger partial charge on any atom is 0.168 e. The van der Waals surface area contributed by atoms with Crippen LogP contribution >= 0.6 is 11.3 Å². The van der Waals surface area contributed by atoms with E-state index in [9.17, 15) is 0 Å². The first-order valence-electron chi connectivity index (χ1n) is 14.4. The van der Waals surface area contributed by atoms with Crippen LogP contribution in [0.5, 0.6) is 0 Å². The minimum Gasteiger partial charge on any atom is -0.332 e. The van der Waals surface area contributed by atoms with Gasteiger partial charge >= 0.3 is 0 Å². The van der Waals surface area contributed by atoms with Crippen molar-refractivity contribution in [2.24, 2.45) is 0 Å². The number of benzene rings is 5. The number of thiophene rings is 1. The van der Waals surface area contributed by atoms with Gasteiger partial charge in [-0.15, -0.1) is 54.1 Å². The van der Waals surface area contributed by atoms with Gasteiger partial charge in [0, 0.05) is 42.1 Å². The zero-order valence-electron chi connectivity index (χ0n) is 23.9. The number of hydrogen-bond donors (Lipinski definition) is 0. The van der Waals surface area contributed by atoms with Crippen molar-refractivity contribution >= 4 is 53.6 Å². The molecule has 1 radical (unpaired) electrons. The molecule has 0 bridgehead atoms. The molecule has 0 aliphatic carbocycles. The van der Waals surface area contributed by atoms with Gasteiger partial charge in [0.1, 0.15) is 0 Å². The van der Waals surface area contributed by atoms with E-state index in [2.05, 4.69) is 88.4 Å². The topological polar surface area (TPSA) is 43.6 Å². The summed E-state index contributed by atoms with van der Waals surface area (Å²) in [5, 5.41) is 3.62. The zero-order chi connectivity index (χ0) is 29.3. The summed E-state index contributed by atoms with van der Waals surface area (Å²) >= 11 is 1.79. The first kappa shape index (κ1) is 28.8. The van der Waals surface area contributed by atoms with Crippen LogP contribution < -0.4 is 0 Å². The number of imidazole rings is 1. The second-order valence-electron chi connectivity index (χ2n) is 10.3. The Kier molecular flexibility index (Phi) is 8.02. The third-order valence-corrected chi connectivity index (χ3v) is 8.78. The standard InChI is InChI=1S/C28H16N3S.C11H8N.Ir/c1-2-10-19(11-3-1)31-24-17-18-9-4-6-15-23(18)29-27(24)30-28(31)22-14-8-13-21-20-12-5-7-16-25(20)32-26(21)22;1-2-6-10(7-3-1)11-8-4-5-9-12-11;/h1-13,15-17H;1-6,8-9H;/q2*-1;. The smallest absolute Gasteiger partial charge is 0.168 e. The first-order chi connectivity index (χ1) is 21.8. The molecule has 9 rings (SSSR count). The van der Waals surface area contributed by atoms with Gasteiger partial charge in [0.15, 0.2) is 5.65 Å². The van der Waals surface area contributed by atoms with Gasteiger partial charge in [-0.1, -0.05) is 77.7 Å². The summed E-state index contributed by atoms with van der Waals surface area (Å²) in [6.45, 7) is 0. The van der Waals surface area contributed by atoms with E-state index in [1.54, 1.807) is 17.5 Å². The Balaban J connectivity index is 0.000000211. The van der Waals surface area contributed by atoms with E-state index in [4.69, 9.17) is 9.97 Å². The van der Waals surface area contributed by atoms with Crippen molar-refractivity contribution in [2.75, 3.05) is 0 Å². The molecular formula is C39H24IrN4S-2. The minimum atomic E-state index is 0. The summed E-state index contributed by atoms with van der Waals surface area (Å²) < 4.78 is 4.69. The third kappa shape index (κ3) is 5.45. The molecule has 0 spiro atoms. The molecule has 0 atom stereocenters. The van der Waals surface area contributed by atoms with Crippen LogP contribution in [0.3, 0.4) is 0 Å². The minimum absolute atomic E-state index is 0. The van der Waals surface area contributed by atoms with Crippen molar-refractivity contribution in [1.29, 1.82) is 0 Å². The van der Waals surface area contributed by atoms with E-state index in [0.29, 0.717) is 0 Å².